The summed E-state index contributed by atoms with van der Waals surface area (Å²) in [5.41, 5.74) is 3.31. The van der Waals surface area contributed by atoms with Crippen molar-refractivity contribution in [3.8, 4) is 11.5 Å². The number of methoxy groups -OCH3 is 2. The molecule has 0 unspecified atom stereocenters. The van der Waals surface area contributed by atoms with Gasteiger partial charge in [0.25, 0.3) is 5.91 Å². The molecule has 0 aliphatic carbocycles. The van der Waals surface area contributed by atoms with Crippen molar-refractivity contribution in [2.45, 2.75) is 20.8 Å². The third kappa shape index (κ3) is 4.57. The van der Waals surface area contributed by atoms with Crippen molar-refractivity contribution in [2.75, 3.05) is 32.6 Å². The molecule has 0 radical (unpaired) electrons. The predicted molar refractivity (Wildman–Crippen MR) is 122 cm³/mol. The van der Waals surface area contributed by atoms with Crippen molar-refractivity contribution in [3.63, 3.8) is 0 Å². The number of hydrogen-bond acceptors (Lipinski definition) is 6. The molecule has 30 heavy (non-hydrogen) atoms. The van der Waals surface area contributed by atoms with Crippen molar-refractivity contribution in [1.29, 1.82) is 0 Å². The van der Waals surface area contributed by atoms with Gasteiger partial charge in [0, 0.05) is 36.4 Å². The van der Waals surface area contributed by atoms with Gasteiger partial charge in [-0.3, -0.25) is 4.79 Å². The van der Waals surface area contributed by atoms with Crippen molar-refractivity contribution < 1.29 is 14.3 Å². The van der Waals surface area contributed by atoms with Gasteiger partial charge in [-0.2, -0.15) is 0 Å². The lowest BCUT2D eigenvalue weighted by Gasteiger charge is -2.22. The van der Waals surface area contributed by atoms with Gasteiger partial charge < -0.3 is 19.7 Å². The predicted octanol–water partition coefficient (Wildman–Crippen LogP) is 4.60. The number of benzene rings is 1. The number of nitrogens with zero attached hydrogens (tertiary/aromatic N) is 3. The number of nitrogens with one attached hydrogen (secondary N) is 1. The molecule has 160 valence electrons. The fourth-order valence-corrected chi connectivity index (χ4v) is 3.19. The molecule has 8 heteroatoms. The van der Waals surface area contributed by atoms with Crippen LogP contribution in [0.15, 0.2) is 36.5 Å². The molecule has 0 aliphatic rings. The molecule has 2 aromatic heterocycles. The first-order valence-electron chi connectivity index (χ1n) is 9.57. The molecule has 3 aromatic rings. The Balaban J connectivity index is 0.00000320. The van der Waals surface area contributed by atoms with Gasteiger partial charge in [0.2, 0.25) is 0 Å². The number of pyridine rings is 2. The highest BCUT2D eigenvalue weighted by Crippen LogP contribution is 2.35. The summed E-state index contributed by atoms with van der Waals surface area (Å²) in [6.45, 7) is 7.06. The molecule has 0 spiro atoms. The van der Waals surface area contributed by atoms with E-state index in [9.17, 15) is 4.79 Å². The first-order valence-corrected chi connectivity index (χ1v) is 9.57. The molecule has 0 atom stereocenters. The first kappa shape index (κ1) is 23.2. The van der Waals surface area contributed by atoms with E-state index in [2.05, 4.69) is 15.3 Å². The highest BCUT2D eigenvalue weighted by atomic mass is 35.5. The van der Waals surface area contributed by atoms with E-state index in [1.807, 2.05) is 45.0 Å². The molecule has 0 saturated carbocycles. The van der Waals surface area contributed by atoms with Crippen molar-refractivity contribution in [1.82, 2.24) is 14.9 Å². The zero-order chi connectivity index (χ0) is 21.0. The minimum absolute atomic E-state index is 0. The minimum Gasteiger partial charge on any atom is -0.497 e. The Labute approximate surface area is 182 Å². The van der Waals surface area contributed by atoms with Crippen LogP contribution in [-0.4, -0.2) is 48.1 Å². The Morgan fingerprint density at radius 1 is 1.10 bits per heavy atom. The molecule has 0 fully saturated rings. The number of rotatable bonds is 7. The highest BCUT2D eigenvalue weighted by molar-refractivity contribution is 6.07. The minimum atomic E-state index is -0.0834. The van der Waals surface area contributed by atoms with Crippen LogP contribution in [0.2, 0.25) is 0 Å². The first-order chi connectivity index (χ1) is 14.0. The lowest BCUT2D eigenvalue weighted by atomic mass is 10.1. The number of hydrogen-bond donors (Lipinski definition) is 1. The van der Waals surface area contributed by atoms with Crippen LogP contribution in [0, 0.1) is 6.92 Å². The second-order valence-electron chi connectivity index (χ2n) is 6.54. The van der Waals surface area contributed by atoms with Gasteiger partial charge in [0.1, 0.15) is 11.5 Å². The summed E-state index contributed by atoms with van der Waals surface area (Å²) >= 11 is 0. The third-order valence-corrected chi connectivity index (χ3v) is 4.82. The second kappa shape index (κ2) is 10.1. The molecule has 1 aromatic carbocycles. The van der Waals surface area contributed by atoms with Gasteiger partial charge >= 0.3 is 0 Å². The number of carbonyl (C=O) groups excluding carboxylic acids is 1. The average molecular weight is 431 g/mol. The fraction of sp³-hybridized carbons (Fsp3) is 0.318. The molecular formula is C22H27ClN4O3. The van der Waals surface area contributed by atoms with Crippen LogP contribution in [0.1, 0.15) is 29.9 Å². The Kier molecular flexibility index (Phi) is 7.83. The Bertz CT molecular complexity index is 1040. The van der Waals surface area contributed by atoms with E-state index < -0.39 is 0 Å². The largest absolute Gasteiger partial charge is 0.497 e. The summed E-state index contributed by atoms with van der Waals surface area (Å²) in [5, 5.41) is 4.15. The number of fused-ring (bicyclic) bond motifs is 1. The molecule has 0 aliphatic heterocycles. The molecule has 0 bridgehead atoms. The number of anilines is 2. The lowest BCUT2D eigenvalue weighted by Crippen LogP contribution is -2.31. The highest BCUT2D eigenvalue weighted by Gasteiger charge is 2.21. The standard InChI is InChI=1S/C22H26N4O3.ClH/c1-6-26(7-2)22(27)17-13-23-21-16(10-8-14(3)24-21)20(17)25-18-11-9-15(28-4)12-19(18)29-5;/h8-13H,6-7H2,1-5H3,(H,23,24,25);1H. The van der Waals surface area contributed by atoms with Gasteiger partial charge in [0.05, 0.1) is 31.2 Å². The quantitative estimate of drug-likeness (QED) is 0.590. The van der Waals surface area contributed by atoms with Crippen LogP contribution < -0.4 is 14.8 Å². The van der Waals surface area contributed by atoms with E-state index in [1.54, 1.807) is 31.4 Å². The maximum Gasteiger partial charge on any atom is 0.257 e. The summed E-state index contributed by atoms with van der Waals surface area (Å²) in [4.78, 5) is 23.9. The third-order valence-electron chi connectivity index (χ3n) is 4.82. The summed E-state index contributed by atoms with van der Waals surface area (Å²) in [6, 6.07) is 9.33. The zero-order valence-electron chi connectivity index (χ0n) is 17.9. The monoisotopic (exact) mass is 430 g/mol. The van der Waals surface area contributed by atoms with Gasteiger partial charge in [-0.1, -0.05) is 0 Å². The van der Waals surface area contributed by atoms with E-state index in [-0.39, 0.29) is 18.3 Å². The van der Waals surface area contributed by atoms with E-state index in [4.69, 9.17) is 9.47 Å². The smallest absolute Gasteiger partial charge is 0.257 e. The van der Waals surface area contributed by atoms with Gasteiger partial charge in [0.15, 0.2) is 5.65 Å². The molecule has 7 nitrogen and oxygen atoms in total. The molecule has 2 heterocycles. The fourth-order valence-electron chi connectivity index (χ4n) is 3.19. The van der Waals surface area contributed by atoms with Gasteiger partial charge in [-0.05, 0) is 45.0 Å². The number of aryl methyl sites for hydroxylation is 1. The van der Waals surface area contributed by atoms with E-state index in [0.29, 0.717) is 41.5 Å². The average Bonchev–Trinajstić information content (AvgIpc) is 2.74. The Morgan fingerprint density at radius 3 is 2.47 bits per heavy atom. The van der Waals surface area contributed by atoms with Gasteiger partial charge in [-0.15, -0.1) is 12.4 Å². The SMILES string of the molecule is CCN(CC)C(=O)c1cnc2nc(C)ccc2c1Nc1ccc(OC)cc1OC.Cl. The van der Waals surface area contributed by atoms with Crippen LogP contribution in [0.4, 0.5) is 11.4 Å². The normalized spacial score (nSPS) is 10.3. The van der Waals surface area contributed by atoms with Crippen molar-refractivity contribution >= 4 is 40.7 Å². The molecule has 1 N–H and O–H groups in total. The van der Waals surface area contributed by atoms with Crippen LogP contribution in [-0.2, 0) is 0 Å². The number of halogens is 1. The lowest BCUT2D eigenvalue weighted by molar-refractivity contribution is 0.0773. The van der Waals surface area contributed by atoms with Crippen LogP contribution in [0.3, 0.4) is 0 Å². The number of carbonyl (C=O) groups is 1. The number of amides is 1. The van der Waals surface area contributed by atoms with Crippen LogP contribution >= 0.6 is 12.4 Å². The molecule has 0 saturated heterocycles. The van der Waals surface area contributed by atoms with Crippen molar-refractivity contribution in [3.05, 3.63) is 47.8 Å². The molecular weight excluding hydrogens is 404 g/mol. The van der Waals surface area contributed by atoms with Crippen LogP contribution in [0.5, 0.6) is 11.5 Å². The van der Waals surface area contributed by atoms with E-state index in [1.165, 1.54) is 0 Å². The summed E-state index contributed by atoms with van der Waals surface area (Å²) in [5.74, 6) is 1.21. The molecule has 3 rings (SSSR count). The van der Waals surface area contributed by atoms with E-state index in [0.717, 1.165) is 16.8 Å². The maximum absolute atomic E-state index is 13.2. The number of ether oxygens (including phenoxy) is 2. The van der Waals surface area contributed by atoms with Crippen molar-refractivity contribution in [2.24, 2.45) is 0 Å². The second-order valence-corrected chi connectivity index (χ2v) is 6.54. The zero-order valence-corrected chi connectivity index (χ0v) is 18.7. The van der Waals surface area contributed by atoms with Crippen LogP contribution in [0.25, 0.3) is 11.0 Å². The topological polar surface area (TPSA) is 76.6 Å². The Hall–Kier alpha value is -3.06. The number of aromatic nitrogens is 2. The van der Waals surface area contributed by atoms with Gasteiger partial charge in [-0.25, -0.2) is 9.97 Å². The summed E-state index contributed by atoms with van der Waals surface area (Å²) in [6.07, 6.45) is 1.59. The summed E-state index contributed by atoms with van der Waals surface area (Å²) in [7, 11) is 3.20. The van der Waals surface area contributed by atoms with E-state index >= 15 is 0 Å². The Morgan fingerprint density at radius 2 is 1.83 bits per heavy atom. The summed E-state index contributed by atoms with van der Waals surface area (Å²) < 4.78 is 10.8. The molecule has 1 amide bonds. The maximum atomic E-state index is 13.2.